The average Bonchev–Trinajstić information content (AvgIpc) is 3.12. The van der Waals surface area contributed by atoms with Crippen LogP contribution in [0.5, 0.6) is 0 Å². The van der Waals surface area contributed by atoms with Crippen molar-refractivity contribution in [3.05, 3.63) is 65.0 Å². The summed E-state index contributed by atoms with van der Waals surface area (Å²) in [6.07, 6.45) is 4.34. The number of aryl methyl sites for hydroxylation is 1. The molecule has 0 unspecified atom stereocenters. The number of aromatic nitrogens is 2. The lowest BCUT2D eigenvalue weighted by Crippen LogP contribution is -2.38. The third kappa shape index (κ3) is 2.85. The fourth-order valence-electron chi connectivity index (χ4n) is 3.70. The van der Waals surface area contributed by atoms with E-state index < -0.39 is 0 Å². The standard InChI is InChI=1S/C20H19F2N3O/c1-12-2-3-14(10-16(12)21)20(26)25-8-5-13(6-9-25)18-15-4-7-23-19(15)24-11-17(18)22/h2-4,7,10-11,13H,5-6,8-9H2,1H3,(H,23,24). The van der Waals surface area contributed by atoms with Crippen LogP contribution in [0.15, 0.2) is 36.7 Å². The Hall–Kier alpha value is -2.76. The lowest BCUT2D eigenvalue weighted by Gasteiger charge is -2.32. The SMILES string of the molecule is Cc1ccc(C(=O)N2CCC(c3c(F)cnc4[nH]ccc34)CC2)cc1F. The number of likely N-dealkylation sites (tertiary alicyclic amines) is 1. The molecule has 4 rings (SSSR count). The van der Waals surface area contributed by atoms with E-state index in [0.29, 0.717) is 48.3 Å². The molecule has 1 fully saturated rings. The molecule has 1 N–H and O–H groups in total. The molecule has 6 heteroatoms. The number of amides is 1. The zero-order chi connectivity index (χ0) is 18.3. The number of nitrogens with zero attached hydrogens (tertiary/aromatic N) is 2. The van der Waals surface area contributed by atoms with Crippen molar-refractivity contribution in [2.24, 2.45) is 0 Å². The summed E-state index contributed by atoms with van der Waals surface area (Å²) in [7, 11) is 0. The van der Waals surface area contributed by atoms with Crippen molar-refractivity contribution in [1.29, 1.82) is 0 Å². The Morgan fingerprint density at radius 3 is 2.69 bits per heavy atom. The van der Waals surface area contributed by atoms with E-state index >= 15 is 0 Å². The van der Waals surface area contributed by atoms with Gasteiger partial charge in [-0.2, -0.15) is 0 Å². The Morgan fingerprint density at radius 2 is 1.96 bits per heavy atom. The highest BCUT2D eigenvalue weighted by atomic mass is 19.1. The third-order valence-corrected chi connectivity index (χ3v) is 5.19. The quantitative estimate of drug-likeness (QED) is 0.750. The summed E-state index contributed by atoms with van der Waals surface area (Å²) < 4.78 is 28.1. The number of hydrogen-bond acceptors (Lipinski definition) is 2. The second-order valence-corrected chi connectivity index (χ2v) is 6.79. The van der Waals surface area contributed by atoms with Crippen LogP contribution in [0, 0.1) is 18.6 Å². The first-order valence-corrected chi connectivity index (χ1v) is 8.71. The van der Waals surface area contributed by atoms with Crippen LogP contribution in [0.1, 0.15) is 40.2 Å². The number of H-pyrrole nitrogens is 1. The number of benzene rings is 1. The molecule has 1 aliphatic rings. The minimum absolute atomic E-state index is 0.0371. The van der Waals surface area contributed by atoms with Crippen molar-refractivity contribution < 1.29 is 13.6 Å². The highest BCUT2D eigenvalue weighted by molar-refractivity contribution is 5.94. The van der Waals surface area contributed by atoms with Crippen LogP contribution in [0.3, 0.4) is 0 Å². The number of piperidine rings is 1. The van der Waals surface area contributed by atoms with Gasteiger partial charge < -0.3 is 9.88 Å². The summed E-state index contributed by atoms with van der Waals surface area (Å²) >= 11 is 0. The molecular formula is C20H19F2N3O. The van der Waals surface area contributed by atoms with E-state index in [1.807, 2.05) is 6.07 Å². The minimum atomic E-state index is -0.376. The summed E-state index contributed by atoms with van der Waals surface area (Å²) in [5.74, 6) is -0.818. The van der Waals surface area contributed by atoms with E-state index in [4.69, 9.17) is 0 Å². The topological polar surface area (TPSA) is 49.0 Å². The van der Waals surface area contributed by atoms with Crippen LogP contribution in [-0.2, 0) is 0 Å². The van der Waals surface area contributed by atoms with Gasteiger partial charge in [0.05, 0.1) is 6.20 Å². The number of aromatic amines is 1. The van der Waals surface area contributed by atoms with E-state index in [0.717, 1.165) is 5.39 Å². The molecule has 0 spiro atoms. The van der Waals surface area contributed by atoms with Gasteiger partial charge in [0.2, 0.25) is 0 Å². The maximum atomic E-state index is 14.4. The largest absolute Gasteiger partial charge is 0.346 e. The summed E-state index contributed by atoms with van der Waals surface area (Å²) in [4.78, 5) is 21.4. The van der Waals surface area contributed by atoms with E-state index in [1.54, 1.807) is 30.2 Å². The van der Waals surface area contributed by atoms with Gasteiger partial charge >= 0.3 is 0 Å². The highest BCUT2D eigenvalue weighted by Crippen LogP contribution is 2.34. The molecule has 0 bridgehead atoms. The Morgan fingerprint density at radius 1 is 1.19 bits per heavy atom. The smallest absolute Gasteiger partial charge is 0.253 e. The summed E-state index contributed by atoms with van der Waals surface area (Å²) in [6.45, 7) is 2.71. The fourth-order valence-corrected chi connectivity index (χ4v) is 3.70. The average molecular weight is 355 g/mol. The third-order valence-electron chi connectivity index (χ3n) is 5.19. The maximum Gasteiger partial charge on any atom is 0.253 e. The Balaban J connectivity index is 1.52. The van der Waals surface area contributed by atoms with Gasteiger partial charge in [-0.15, -0.1) is 0 Å². The van der Waals surface area contributed by atoms with Gasteiger partial charge in [0.1, 0.15) is 17.3 Å². The number of halogens is 2. The number of pyridine rings is 1. The first-order chi connectivity index (χ1) is 12.5. The normalized spacial score (nSPS) is 15.6. The molecule has 0 radical (unpaired) electrons. The van der Waals surface area contributed by atoms with Crippen LogP contribution in [0.2, 0.25) is 0 Å². The number of hydrogen-bond donors (Lipinski definition) is 1. The molecule has 0 atom stereocenters. The van der Waals surface area contributed by atoms with E-state index in [9.17, 15) is 13.6 Å². The fraction of sp³-hybridized carbons (Fsp3) is 0.300. The van der Waals surface area contributed by atoms with Crippen LogP contribution in [0.4, 0.5) is 8.78 Å². The van der Waals surface area contributed by atoms with Crippen molar-refractivity contribution in [2.75, 3.05) is 13.1 Å². The molecule has 1 aromatic carbocycles. The summed E-state index contributed by atoms with van der Waals surface area (Å²) in [5.41, 5.74) is 2.22. The molecule has 0 saturated carbocycles. The molecule has 134 valence electrons. The number of carbonyl (C=O) groups is 1. The van der Waals surface area contributed by atoms with Crippen molar-refractivity contribution in [3.8, 4) is 0 Å². The number of nitrogens with one attached hydrogen (secondary N) is 1. The van der Waals surface area contributed by atoms with Gasteiger partial charge in [-0.1, -0.05) is 6.07 Å². The highest BCUT2D eigenvalue weighted by Gasteiger charge is 2.28. The number of rotatable bonds is 2. The summed E-state index contributed by atoms with van der Waals surface area (Å²) in [5, 5.41) is 0.801. The van der Waals surface area contributed by atoms with Gasteiger partial charge in [0.15, 0.2) is 0 Å². The molecule has 1 aliphatic heterocycles. The minimum Gasteiger partial charge on any atom is -0.346 e. The molecule has 1 saturated heterocycles. The lowest BCUT2D eigenvalue weighted by molar-refractivity contribution is 0.0712. The van der Waals surface area contributed by atoms with Crippen molar-refractivity contribution in [2.45, 2.75) is 25.7 Å². The zero-order valence-electron chi connectivity index (χ0n) is 14.4. The Bertz CT molecular complexity index is 974. The predicted molar refractivity (Wildman–Crippen MR) is 95.1 cm³/mol. The van der Waals surface area contributed by atoms with Crippen molar-refractivity contribution in [3.63, 3.8) is 0 Å². The molecule has 1 amide bonds. The molecular weight excluding hydrogens is 336 g/mol. The molecule has 2 aromatic heterocycles. The van der Waals surface area contributed by atoms with E-state index in [-0.39, 0.29) is 23.5 Å². The van der Waals surface area contributed by atoms with Crippen LogP contribution < -0.4 is 0 Å². The molecule has 3 heterocycles. The van der Waals surface area contributed by atoms with Crippen molar-refractivity contribution >= 4 is 16.9 Å². The van der Waals surface area contributed by atoms with E-state index in [2.05, 4.69) is 9.97 Å². The van der Waals surface area contributed by atoms with Crippen LogP contribution >= 0.6 is 0 Å². The Labute approximate surface area is 149 Å². The monoisotopic (exact) mass is 355 g/mol. The first-order valence-electron chi connectivity index (χ1n) is 8.71. The maximum absolute atomic E-state index is 14.4. The zero-order valence-corrected chi connectivity index (χ0v) is 14.4. The second kappa shape index (κ2) is 6.52. The van der Waals surface area contributed by atoms with Gasteiger partial charge in [0.25, 0.3) is 5.91 Å². The van der Waals surface area contributed by atoms with Crippen molar-refractivity contribution in [1.82, 2.24) is 14.9 Å². The summed E-state index contributed by atoms with van der Waals surface area (Å²) in [6, 6.07) is 6.39. The Kier molecular flexibility index (Phi) is 4.18. The van der Waals surface area contributed by atoms with Gasteiger partial charge in [-0.25, -0.2) is 13.8 Å². The van der Waals surface area contributed by atoms with Crippen LogP contribution in [0.25, 0.3) is 11.0 Å². The van der Waals surface area contributed by atoms with Crippen LogP contribution in [-0.4, -0.2) is 33.9 Å². The van der Waals surface area contributed by atoms with Gasteiger partial charge in [0, 0.05) is 35.8 Å². The van der Waals surface area contributed by atoms with E-state index in [1.165, 1.54) is 12.3 Å². The van der Waals surface area contributed by atoms with Gasteiger partial charge in [-0.05, 0) is 49.4 Å². The molecule has 4 nitrogen and oxygen atoms in total. The second-order valence-electron chi connectivity index (χ2n) is 6.79. The molecule has 3 aromatic rings. The number of carbonyl (C=O) groups excluding carboxylic acids is 1. The number of fused-ring (bicyclic) bond motifs is 1. The van der Waals surface area contributed by atoms with Gasteiger partial charge in [-0.3, -0.25) is 4.79 Å². The predicted octanol–water partition coefficient (Wildman–Crippen LogP) is 4.17. The lowest BCUT2D eigenvalue weighted by atomic mass is 9.87. The first kappa shape index (κ1) is 16.7. The molecule has 0 aliphatic carbocycles. The molecule has 26 heavy (non-hydrogen) atoms.